The van der Waals surface area contributed by atoms with Crippen LogP contribution in [0.25, 0.3) is 0 Å². The van der Waals surface area contributed by atoms with Gasteiger partial charge in [-0.15, -0.1) is 0 Å². The minimum atomic E-state index is -0.525. The maximum absolute atomic E-state index is 10.4. The van der Waals surface area contributed by atoms with Crippen LogP contribution in [0.2, 0.25) is 10.0 Å². The number of aliphatic hydroxyl groups excluding tert-OH is 1. The molecule has 1 saturated carbocycles. The third-order valence-corrected chi connectivity index (χ3v) is 5.82. The van der Waals surface area contributed by atoms with E-state index in [2.05, 4.69) is 25.7 Å². The summed E-state index contributed by atoms with van der Waals surface area (Å²) >= 11 is 12.0. The average Bonchev–Trinajstić information content (AvgIpc) is 2.66. The van der Waals surface area contributed by atoms with Crippen molar-refractivity contribution in [3.05, 3.63) is 28.2 Å². The van der Waals surface area contributed by atoms with Crippen LogP contribution in [-0.2, 0) is 0 Å². The van der Waals surface area contributed by atoms with Crippen molar-refractivity contribution in [2.45, 2.75) is 52.2 Å². The molecule has 0 amide bonds. The third-order valence-electron chi connectivity index (χ3n) is 5.29. The van der Waals surface area contributed by atoms with Gasteiger partial charge in [0, 0.05) is 24.2 Å². The predicted octanol–water partition coefficient (Wildman–Crippen LogP) is 4.63. The zero-order valence-corrected chi connectivity index (χ0v) is 16.2. The number of aliphatic hydroxyl groups is 1. The highest BCUT2D eigenvalue weighted by Crippen LogP contribution is 2.52. The molecule has 0 unspecified atom stereocenters. The highest BCUT2D eigenvalue weighted by atomic mass is 35.5. The van der Waals surface area contributed by atoms with Crippen LogP contribution in [-0.4, -0.2) is 41.8 Å². The average molecular weight is 372 g/mol. The Hall–Kier alpha value is -0.480. The zero-order chi connectivity index (χ0) is 17.5. The largest absolute Gasteiger partial charge is 0.489 e. The molecule has 3 atom stereocenters. The van der Waals surface area contributed by atoms with Crippen LogP contribution in [0, 0.1) is 10.8 Å². The zero-order valence-electron chi connectivity index (χ0n) is 14.7. The van der Waals surface area contributed by atoms with E-state index in [4.69, 9.17) is 27.9 Å². The number of nitrogens with zero attached hydrogens (tertiary/aromatic N) is 1. The van der Waals surface area contributed by atoms with Crippen LogP contribution in [0.1, 0.15) is 40.0 Å². The van der Waals surface area contributed by atoms with Crippen molar-refractivity contribution in [1.82, 2.24) is 4.90 Å². The van der Waals surface area contributed by atoms with Crippen molar-refractivity contribution >= 4 is 23.2 Å². The standard InChI is InChI=1S/C19H27Cl2NO2/c1-18(2)7-14-8-19(3,11-18)12-22(14)9-15(23)10-24-17-5-4-13(20)6-16(17)21/h4-6,14-15,23H,7-12H2,1-3H3/t14-,15-,19+/m0/s1. The summed E-state index contributed by atoms with van der Waals surface area (Å²) in [5, 5.41) is 11.5. The van der Waals surface area contributed by atoms with E-state index in [9.17, 15) is 5.11 Å². The van der Waals surface area contributed by atoms with Gasteiger partial charge in [-0.05, 0) is 48.3 Å². The summed E-state index contributed by atoms with van der Waals surface area (Å²) < 4.78 is 5.67. The minimum Gasteiger partial charge on any atom is -0.489 e. The minimum absolute atomic E-state index is 0.241. The van der Waals surface area contributed by atoms with Crippen molar-refractivity contribution in [2.75, 3.05) is 19.7 Å². The molecule has 134 valence electrons. The Kier molecular flexibility index (Phi) is 5.10. The second kappa shape index (κ2) is 6.68. The summed E-state index contributed by atoms with van der Waals surface area (Å²) in [5.41, 5.74) is 0.775. The fourth-order valence-corrected chi connectivity index (χ4v) is 5.35. The number of fused-ring (bicyclic) bond motifs is 2. The van der Waals surface area contributed by atoms with E-state index in [1.165, 1.54) is 19.3 Å². The lowest BCUT2D eigenvalue weighted by Crippen LogP contribution is -2.39. The molecule has 1 N–H and O–H groups in total. The molecule has 3 nitrogen and oxygen atoms in total. The maximum Gasteiger partial charge on any atom is 0.138 e. The normalized spacial score (nSPS) is 30.3. The molecule has 0 aromatic heterocycles. The van der Waals surface area contributed by atoms with Gasteiger partial charge in [0.1, 0.15) is 18.5 Å². The Morgan fingerprint density at radius 1 is 1.29 bits per heavy atom. The Labute approximate surface area is 154 Å². The highest BCUT2D eigenvalue weighted by Gasteiger charge is 2.49. The first-order chi connectivity index (χ1) is 11.2. The van der Waals surface area contributed by atoms with E-state index in [-0.39, 0.29) is 6.61 Å². The Bertz CT molecular complexity index is 607. The number of halogens is 2. The summed E-state index contributed by atoms with van der Waals surface area (Å²) in [6, 6.07) is 5.70. The van der Waals surface area contributed by atoms with Gasteiger partial charge in [0.25, 0.3) is 0 Å². The topological polar surface area (TPSA) is 32.7 Å². The van der Waals surface area contributed by atoms with Gasteiger partial charge in [-0.25, -0.2) is 0 Å². The van der Waals surface area contributed by atoms with Gasteiger partial charge < -0.3 is 9.84 Å². The van der Waals surface area contributed by atoms with Crippen molar-refractivity contribution in [1.29, 1.82) is 0 Å². The number of hydrogen-bond acceptors (Lipinski definition) is 3. The fourth-order valence-electron chi connectivity index (χ4n) is 4.89. The van der Waals surface area contributed by atoms with Gasteiger partial charge in [-0.3, -0.25) is 4.90 Å². The van der Waals surface area contributed by atoms with Crippen molar-refractivity contribution in [3.8, 4) is 5.75 Å². The van der Waals surface area contributed by atoms with Crippen molar-refractivity contribution in [3.63, 3.8) is 0 Å². The predicted molar refractivity (Wildman–Crippen MR) is 99.1 cm³/mol. The molecule has 3 rings (SSSR count). The second-order valence-corrected chi connectivity index (χ2v) is 9.53. The summed E-state index contributed by atoms with van der Waals surface area (Å²) in [6.07, 6.45) is 3.19. The second-order valence-electron chi connectivity index (χ2n) is 8.68. The SMILES string of the molecule is CC1(C)C[C@H]2C[C@@](C)(CN2C[C@H](O)COc2ccc(Cl)cc2Cl)C1. The van der Waals surface area contributed by atoms with Crippen LogP contribution in [0.3, 0.4) is 0 Å². The lowest BCUT2D eigenvalue weighted by atomic mass is 9.65. The molecule has 1 heterocycles. The first-order valence-corrected chi connectivity index (χ1v) is 9.41. The Morgan fingerprint density at radius 2 is 2.04 bits per heavy atom. The third kappa shape index (κ3) is 4.19. The quantitative estimate of drug-likeness (QED) is 0.818. The molecule has 0 radical (unpaired) electrons. The van der Waals surface area contributed by atoms with Gasteiger partial charge in [-0.2, -0.15) is 0 Å². The molecule has 5 heteroatoms. The van der Waals surface area contributed by atoms with E-state index < -0.39 is 6.10 Å². The maximum atomic E-state index is 10.4. The van der Waals surface area contributed by atoms with Gasteiger partial charge in [0.15, 0.2) is 0 Å². The van der Waals surface area contributed by atoms with E-state index in [1.807, 2.05) is 0 Å². The van der Waals surface area contributed by atoms with E-state index in [0.717, 1.165) is 6.54 Å². The molecular formula is C19H27Cl2NO2. The monoisotopic (exact) mass is 371 g/mol. The summed E-state index contributed by atoms with van der Waals surface area (Å²) in [5.74, 6) is 0.563. The number of ether oxygens (including phenoxy) is 1. The molecule has 1 aromatic carbocycles. The molecule has 1 aliphatic heterocycles. The molecule has 2 fully saturated rings. The van der Waals surface area contributed by atoms with E-state index in [1.54, 1.807) is 18.2 Å². The molecule has 1 aliphatic carbocycles. The van der Waals surface area contributed by atoms with Gasteiger partial charge in [0.2, 0.25) is 0 Å². The van der Waals surface area contributed by atoms with Crippen LogP contribution in [0.15, 0.2) is 18.2 Å². The molecule has 1 saturated heterocycles. The first kappa shape index (κ1) is 18.3. The van der Waals surface area contributed by atoms with Crippen molar-refractivity contribution < 1.29 is 9.84 Å². The van der Waals surface area contributed by atoms with Crippen LogP contribution in [0.4, 0.5) is 0 Å². The van der Waals surface area contributed by atoms with Gasteiger partial charge in [0.05, 0.1) is 5.02 Å². The number of β-amino-alcohol motifs (C(OH)–C–C–N with tert-alkyl or cyclic N) is 1. The van der Waals surface area contributed by atoms with E-state index >= 15 is 0 Å². The van der Waals surface area contributed by atoms with Crippen LogP contribution < -0.4 is 4.74 Å². The summed E-state index contributed by atoms with van der Waals surface area (Å²) in [6.45, 7) is 9.08. The molecule has 2 bridgehead atoms. The Balaban J connectivity index is 1.55. The van der Waals surface area contributed by atoms with Crippen molar-refractivity contribution in [2.24, 2.45) is 10.8 Å². The van der Waals surface area contributed by atoms with Crippen LogP contribution >= 0.6 is 23.2 Å². The smallest absolute Gasteiger partial charge is 0.138 e. The fraction of sp³-hybridized carbons (Fsp3) is 0.684. The van der Waals surface area contributed by atoms with E-state index in [0.29, 0.717) is 39.2 Å². The number of likely N-dealkylation sites (tertiary alicyclic amines) is 1. The molecule has 1 aromatic rings. The summed E-state index contributed by atoms with van der Waals surface area (Å²) in [4.78, 5) is 2.45. The number of benzene rings is 1. The Morgan fingerprint density at radius 3 is 2.75 bits per heavy atom. The highest BCUT2D eigenvalue weighted by molar-refractivity contribution is 6.35. The van der Waals surface area contributed by atoms with Gasteiger partial charge in [-0.1, -0.05) is 44.0 Å². The first-order valence-electron chi connectivity index (χ1n) is 8.66. The van der Waals surface area contributed by atoms with Crippen LogP contribution in [0.5, 0.6) is 5.75 Å². The number of rotatable bonds is 5. The lowest BCUT2D eigenvalue weighted by molar-refractivity contribution is 0.0585. The van der Waals surface area contributed by atoms with Gasteiger partial charge >= 0.3 is 0 Å². The molecule has 2 aliphatic rings. The lowest BCUT2D eigenvalue weighted by Gasteiger charge is -2.40. The number of hydrogen-bond donors (Lipinski definition) is 1. The molecular weight excluding hydrogens is 345 g/mol. The molecule has 0 spiro atoms. The molecule has 24 heavy (non-hydrogen) atoms. The summed E-state index contributed by atoms with van der Waals surface area (Å²) in [7, 11) is 0.